The third kappa shape index (κ3) is 0.982. The number of rotatable bonds is 2. The fraction of sp³-hybridized carbons (Fsp3) is 1.00. The quantitative estimate of drug-likeness (QED) is 0.554. The van der Waals surface area contributed by atoms with E-state index in [9.17, 15) is 5.11 Å². The minimum Gasteiger partial charge on any atom is -0.391 e. The van der Waals surface area contributed by atoms with Gasteiger partial charge in [0.15, 0.2) is 12.1 Å². The van der Waals surface area contributed by atoms with E-state index in [2.05, 4.69) is 0 Å². The van der Waals surface area contributed by atoms with Crippen molar-refractivity contribution in [2.75, 3.05) is 13.7 Å². The van der Waals surface area contributed by atoms with Crippen LogP contribution in [0, 0.1) is 0 Å². The lowest BCUT2D eigenvalue weighted by molar-refractivity contribution is -0.462. The predicted molar refractivity (Wildman–Crippen MR) is 37.2 cm³/mol. The summed E-state index contributed by atoms with van der Waals surface area (Å²) in [5.41, 5.74) is 0. The number of hydrogen-bond acceptors (Lipinski definition) is 5. The summed E-state index contributed by atoms with van der Waals surface area (Å²) in [6.45, 7) is -0.198. The predicted octanol–water partition coefficient (Wildman–Crippen LogP) is -1.17. The van der Waals surface area contributed by atoms with Crippen LogP contribution in [0.2, 0.25) is 0 Å². The van der Waals surface area contributed by atoms with Gasteiger partial charge in [-0.25, -0.2) is 0 Å². The lowest BCUT2D eigenvalue weighted by Gasteiger charge is -2.54. The molecule has 2 unspecified atom stereocenters. The minimum absolute atomic E-state index is 0.198. The Kier molecular flexibility index (Phi) is 1.85. The lowest BCUT2D eigenvalue weighted by atomic mass is 9.93. The van der Waals surface area contributed by atoms with Crippen LogP contribution in [0.4, 0.5) is 0 Å². The zero-order valence-corrected chi connectivity index (χ0v) is 6.77. The molecule has 0 radical (unpaired) electrons. The molecule has 3 rings (SSSR count). The van der Waals surface area contributed by atoms with Gasteiger partial charge < -0.3 is 24.4 Å². The molecule has 3 saturated heterocycles. The molecule has 5 heteroatoms. The maximum absolute atomic E-state index is 9.43. The van der Waals surface area contributed by atoms with E-state index < -0.39 is 18.2 Å². The molecule has 0 aromatic carbocycles. The second-order valence-electron chi connectivity index (χ2n) is 3.14. The maximum atomic E-state index is 9.43. The summed E-state index contributed by atoms with van der Waals surface area (Å²) in [6.07, 6.45) is -1.14. The van der Waals surface area contributed by atoms with Crippen molar-refractivity contribution in [3.05, 3.63) is 0 Å². The molecule has 3 aliphatic rings. The summed E-state index contributed by atoms with van der Waals surface area (Å²) in [7, 11) is 1.45. The van der Waals surface area contributed by atoms with Crippen LogP contribution < -0.4 is 0 Å². The van der Waals surface area contributed by atoms with Crippen LogP contribution in [0.5, 0.6) is 0 Å². The fourth-order valence-corrected chi connectivity index (χ4v) is 1.62. The van der Waals surface area contributed by atoms with E-state index in [0.717, 1.165) is 0 Å². The smallest absolute Gasteiger partial charge is 0.197 e. The van der Waals surface area contributed by atoms with Gasteiger partial charge in [-0.05, 0) is 0 Å². The van der Waals surface area contributed by atoms with Crippen molar-refractivity contribution < 1.29 is 24.4 Å². The number of aliphatic hydroxyl groups excluding tert-OH is 2. The van der Waals surface area contributed by atoms with E-state index in [-0.39, 0.29) is 12.7 Å². The second-order valence-corrected chi connectivity index (χ2v) is 3.14. The van der Waals surface area contributed by atoms with Crippen molar-refractivity contribution in [2.45, 2.75) is 30.7 Å². The van der Waals surface area contributed by atoms with Crippen molar-refractivity contribution in [3.8, 4) is 0 Å². The Balaban J connectivity index is 2.05. The largest absolute Gasteiger partial charge is 0.391 e. The van der Waals surface area contributed by atoms with Gasteiger partial charge in [0.05, 0.1) is 12.7 Å². The molecular formula is C7H12O5. The molecule has 3 aliphatic heterocycles. The Morgan fingerprint density at radius 3 is 2.75 bits per heavy atom. The van der Waals surface area contributed by atoms with Gasteiger partial charge in [0.1, 0.15) is 6.10 Å². The summed E-state index contributed by atoms with van der Waals surface area (Å²) in [5.74, 6) is -0.912. The van der Waals surface area contributed by atoms with Crippen LogP contribution in [0.3, 0.4) is 0 Å². The van der Waals surface area contributed by atoms with E-state index >= 15 is 0 Å². The summed E-state index contributed by atoms with van der Waals surface area (Å²) in [6, 6.07) is 0. The first-order valence-electron chi connectivity index (χ1n) is 3.88. The lowest BCUT2D eigenvalue weighted by Crippen LogP contribution is -2.68. The first-order valence-corrected chi connectivity index (χ1v) is 3.88. The molecule has 0 aliphatic carbocycles. The number of ether oxygens (including phenoxy) is 3. The number of aliphatic hydroxyl groups is 2. The van der Waals surface area contributed by atoms with Crippen molar-refractivity contribution in [2.24, 2.45) is 0 Å². The van der Waals surface area contributed by atoms with Crippen LogP contribution in [0.25, 0.3) is 0 Å². The molecule has 12 heavy (non-hydrogen) atoms. The van der Waals surface area contributed by atoms with Gasteiger partial charge in [-0.3, -0.25) is 0 Å². The van der Waals surface area contributed by atoms with E-state index in [1.165, 1.54) is 7.11 Å². The van der Waals surface area contributed by atoms with Gasteiger partial charge in [-0.2, -0.15) is 0 Å². The van der Waals surface area contributed by atoms with Gasteiger partial charge >= 0.3 is 0 Å². The fourth-order valence-electron chi connectivity index (χ4n) is 1.62. The van der Waals surface area contributed by atoms with Gasteiger partial charge in [0, 0.05) is 13.5 Å². The van der Waals surface area contributed by atoms with Crippen molar-refractivity contribution >= 4 is 0 Å². The topological polar surface area (TPSA) is 68.2 Å². The maximum Gasteiger partial charge on any atom is 0.197 e. The molecule has 5 nitrogen and oxygen atoms in total. The molecule has 3 fully saturated rings. The van der Waals surface area contributed by atoms with E-state index in [0.29, 0.717) is 6.42 Å². The average molecular weight is 176 g/mol. The van der Waals surface area contributed by atoms with Crippen LogP contribution >= 0.6 is 0 Å². The molecule has 0 spiro atoms. The van der Waals surface area contributed by atoms with Gasteiger partial charge in [0.2, 0.25) is 0 Å². The Morgan fingerprint density at radius 2 is 2.25 bits per heavy atom. The highest BCUT2D eigenvalue weighted by Gasteiger charge is 2.58. The molecular weight excluding hydrogens is 164 g/mol. The second kappa shape index (κ2) is 2.65. The van der Waals surface area contributed by atoms with E-state index in [1.54, 1.807) is 0 Å². The summed E-state index contributed by atoms with van der Waals surface area (Å²) in [4.78, 5) is 0. The van der Waals surface area contributed by atoms with Crippen LogP contribution in [0.15, 0.2) is 0 Å². The van der Waals surface area contributed by atoms with Crippen molar-refractivity contribution in [1.82, 2.24) is 0 Å². The first-order chi connectivity index (χ1) is 5.71. The van der Waals surface area contributed by atoms with Crippen molar-refractivity contribution in [1.29, 1.82) is 0 Å². The van der Waals surface area contributed by atoms with Crippen molar-refractivity contribution in [3.63, 3.8) is 0 Å². The van der Waals surface area contributed by atoms with Gasteiger partial charge in [0.25, 0.3) is 0 Å². The Morgan fingerprint density at radius 1 is 1.58 bits per heavy atom. The highest BCUT2D eigenvalue weighted by Crippen LogP contribution is 2.42. The molecule has 2 bridgehead atoms. The molecule has 2 N–H and O–H groups in total. The van der Waals surface area contributed by atoms with E-state index in [4.69, 9.17) is 19.3 Å². The Bertz CT molecular complexity index is 177. The van der Waals surface area contributed by atoms with Crippen LogP contribution in [-0.4, -0.2) is 48.2 Å². The third-order valence-electron chi connectivity index (χ3n) is 2.34. The van der Waals surface area contributed by atoms with Gasteiger partial charge in [-0.15, -0.1) is 0 Å². The third-order valence-corrected chi connectivity index (χ3v) is 2.34. The molecule has 70 valence electrons. The number of fused-ring (bicyclic) bond motifs is 2. The van der Waals surface area contributed by atoms with Gasteiger partial charge in [-0.1, -0.05) is 0 Å². The first kappa shape index (κ1) is 8.40. The SMILES string of the molecule is CO[C@@H]1OC2(CO)C[C@@H](O2)C1O. The van der Waals surface area contributed by atoms with E-state index in [1.807, 2.05) is 0 Å². The number of hydrogen-bond donors (Lipinski definition) is 2. The molecule has 0 saturated carbocycles. The molecule has 0 aromatic heterocycles. The summed E-state index contributed by atoms with van der Waals surface area (Å²) < 4.78 is 15.2. The minimum atomic E-state index is -0.912. The molecule has 0 aromatic rings. The zero-order valence-electron chi connectivity index (χ0n) is 6.77. The highest BCUT2D eigenvalue weighted by atomic mass is 16.8. The molecule has 3 heterocycles. The summed E-state index contributed by atoms with van der Waals surface area (Å²) in [5, 5.41) is 18.3. The normalized spacial score (nSPS) is 51.8. The molecule has 0 amide bonds. The molecule has 4 atom stereocenters. The Hall–Kier alpha value is -0.200. The highest BCUT2D eigenvalue weighted by molar-refractivity contribution is 4.96. The van der Waals surface area contributed by atoms with Crippen LogP contribution in [0.1, 0.15) is 6.42 Å². The van der Waals surface area contributed by atoms with Crippen LogP contribution in [-0.2, 0) is 14.2 Å². The Labute approximate surface area is 69.8 Å². The summed E-state index contributed by atoms with van der Waals surface area (Å²) >= 11 is 0. The zero-order chi connectivity index (χ0) is 8.77. The average Bonchev–Trinajstić information content (AvgIpc) is 2.03. The standard InChI is InChI=1S/C7H12O5/c1-10-6-5(9)4-2-7(3-8,11-4)12-6/h4-6,8-9H,2-3H2,1H3/t4-,5?,6-,7?/m1/s1. The monoisotopic (exact) mass is 176 g/mol. The number of methoxy groups -OCH3 is 1.